The van der Waals surface area contributed by atoms with E-state index in [2.05, 4.69) is 6.92 Å². The Kier molecular flexibility index (Phi) is 5.43. The number of aryl methyl sites for hydroxylation is 1. The lowest BCUT2D eigenvalue weighted by molar-refractivity contribution is -0.128. The van der Waals surface area contributed by atoms with Crippen LogP contribution in [0.4, 0.5) is 0 Å². The zero-order valence-corrected chi connectivity index (χ0v) is 13.0. The highest BCUT2D eigenvalue weighted by molar-refractivity contribution is 6.37. The third kappa shape index (κ3) is 4.35. The highest BCUT2D eigenvalue weighted by Gasteiger charge is 2.04. The lowest BCUT2D eigenvalue weighted by Crippen LogP contribution is -2.03. The molecule has 0 fully saturated rings. The maximum atomic E-state index is 11.8. The van der Waals surface area contributed by atoms with Gasteiger partial charge in [-0.1, -0.05) is 48.3 Å². The molecule has 0 heterocycles. The summed E-state index contributed by atoms with van der Waals surface area (Å²) in [4.78, 5) is 11.8. The summed E-state index contributed by atoms with van der Waals surface area (Å²) >= 11 is 12.0. The number of ether oxygens (including phenoxy) is 1. The Hall–Kier alpha value is -1.77. The summed E-state index contributed by atoms with van der Waals surface area (Å²) in [5.41, 5.74) is 1.78. The molecule has 2 aromatic carbocycles. The van der Waals surface area contributed by atoms with Crippen LogP contribution in [-0.4, -0.2) is 5.97 Å². The number of halogens is 2. The van der Waals surface area contributed by atoms with E-state index in [1.54, 1.807) is 36.4 Å². The molecule has 0 spiro atoms. The van der Waals surface area contributed by atoms with E-state index in [0.717, 1.165) is 6.42 Å². The lowest BCUT2D eigenvalue weighted by Gasteiger charge is -2.03. The molecule has 0 aliphatic heterocycles. The van der Waals surface area contributed by atoms with Gasteiger partial charge in [-0.3, -0.25) is 0 Å². The highest BCUT2D eigenvalue weighted by atomic mass is 35.5. The van der Waals surface area contributed by atoms with Crippen molar-refractivity contribution in [2.45, 2.75) is 13.3 Å². The maximum Gasteiger partial charge on any atom is 0.336 e. The molecule has 0 aromatic heterocycles. The van der Waals surface area contributed by atoms with Gasteiger partial charge >= 0.3 is 5.97 Å². The van der Waals surface area contributed by atoms with Gasteiger partial charge in [0.1, 0.15) is 5.75 Å². The van der Waals surface area contributed by atoms with Crippen LogP contribution in [0.5, 0.6) is 5.75 Å². The second-order valence-corrected chi connectivity index (χ2v) is 5.20. The second-order valence-electron chi connectivity index (χ2n) is 4.39. The smallest absolute Gasteiger partial charge is 0.336 e. The van der Waals surface area contributed by atoms with Gasteiger partial charge in [0.2, 0.25) is 0 Å². The molecular formula is C17H14Cl2O2. The van der Waals surface area contributed by atoms with Gasteiger partial charge in [-0.05, 0) is 42.3 Å². The summed E-state index contributed by atoms with van der Waals surface area (Å²) in [6, 6.07) is 12.6. The number of rotatable bonds is 4. The zero-order chi connectivity index (χ0) is 15.2. The number of esters is 1. The number of hydrogen-bond donors (Lipinski definition) is 0. The molecule has 0 atom stereocenters. The second kappa shape index (κ2) is 7.30. The van der Waals surface area contributed by atoms with Crippen molar-refractivity contribution in [3.63, 3.8) is 0 Å². The van der Waals surface area contributed by atoms with Crippen LogP contribution < -0.4 is 4.74 Å². The summed E-state index contributed by atoms with van der Waals surface area (Å²) in [7, 11) is 0. The molecule has 0 saturated heterocycles. The van der Waals surface area contributed by atoms with Crippen LogP contribution in [0.3, 0.4) is 0 Å². The third-order valence-electron chi connectivity index (χ3n) is 2.94. The van der Waals surface area contributed by atoms with Crippen LogP contribution in [0, 0.1) is 0 Å². The van der Waals surface area contributed by atoms with Crippen molar-refractivity contribution >= 4 is 35.2 Å². The third-order valence-corrected chi connectivity index (χ3v) is 3.60. The SMILES string of the molecule is CCc1ccc(OC(=O)/C=C/c2c(Cl)cccc2Cl)cc1. The van der Waals surface area contributed by atoms with Gasteiger partial charge in [0, 0.05) is 21.7 Å². The van der Waals surface area contributed by atoms with E-state index in [-0.39, 0.29) is 0 Å². The largest absolute Gasteiger partial charge is 0.423 e. The van der Waals surface area contributed by atoms with E-state index in [4.69, 9.17) is 27.9 Å². The van der Waals surface area contributed by atoms with Gasteiger partial charge in [-0.25, -0.2) is 4.79 Å². The van der Waals surface area contributed by atoms with Crippen LogP contribution in [0.2, 0.25) is 10.0 Å². The van der Waals surface area contributed by atoms with Crippen LogP contribution in [-0.2, 0) is 11.2 Å². The van der Waals surface area contributed by atoms with Crippen molar-refractivity contribution in [3.05, 3.63) is 69.7 Å². The molecule has 0 saturated carbocycles. The average Bonchev–Trinajstić information content (AvgIpc) is 2.47. The Morgan fingerprint density at radius 1 is 1.10 bits per heavy atom. The number of carbonyl (C=O) groups is 1. The van der Waals surface area contributed by atoms with Crippen LogP contribution in [0.15, 0.2) is 48.5 Å². The Morgan fingerprint density at radius 3 is 2.29 bits per heavy atom. The fourth-order valence-corrected chi connectivity index (χ4v) is 2.29. The van der Waals surface area contributed by atoms with Gasteiger partial charge < -0.3 is 4.74 Å². The summed E-state index contributed by atoms with van der Waals surface area (Å²) in [5.74, 6) is 0.0299. The van der Waals surface area contributed by atoms with Crippen molar-refractivity contribution in [3.8, 4) is 5.75 Å². The first-order valence-electron chi connectivity index (χ1n) is 6.53. The van der Waals surface area contributed by atoms with E-state index >= 15 is 0 Å². The Bertz CT molecular complexity index is 641. The quantitative estimate of drug-likeness (QED) is 0.441. The summed E-state index contributed by atoms with van der Waals surface area (Å²) in [6.45, 7) is 2.07. The van der Waals surface area contributed by atoms with Crippen LogP contribution in [0.25, 0.3) is 6.08 Å². The molecule has 0 bridgehead atoms. The predicted molar refractivity (Wildman–Crippen MR) is 87.0 cm³/mol. The van der Waals surface area contributed by atoms with Gasteiger partial charge in [0.15, 0.2) is 0 Å². The molecule has 2 nitrogen and oxygen atoms in total. The topological polar surface area (TPSA) is 26.3 Å². The van der Waals surface area contributed by atoms with Gasteiger partial charge in [-0.15, -0.1) is 0 Å². The van der Waals surface area contributed by atoms with Crippen molar-refractivity contribution < 1.29 is 9.53 Å². The normalized spacial score (nSPS) is 10.8. The van der Waals surface area contributed by atoms with Crippen molar-refractivity contribution in [1.82, 2.24) is 0 Å². The molecule has 0 unspecified atom stereocenters. The molecule has 2 aromatic rings. The fourth-order valence-electron chi connectivity index (χ4n) is 1.76. The Balaban J connectivity index is 2.05. The van der Waals surface area contributed by atoms with E-state index in [1.165, 1.54) is 11.6 Å². The monoisotopic (exact) mass is 320 g/mol. The number of benzene rings is 2. The van der Waals surface area contributed by atoms with Gasteiger partial charge in [0.05, 0.1) is 0 Å². The predicted octanol–water partition coefficient (Wildman–Crippen LogP) is 5.17. The average molecular weight is 321 g/mol. The molecule has 0 radical (unpaired) electrons. The Morgan fingerprint density at radius 2 is 1.71 bits per heavy atom. The van der Waals surface area contributed by atoms with Crippen molar-refractivity contribution in [1.29, 1.82) is 0 Å². The minimum atomic E-state index is -0.477. The zero-order valence-electron chi connectivity index (χ0n) is 11.5. The summed E-state index contributed by atoms with van der Waals surface area (Å²) < 4.78 is 5.20. The molecule has 0 aliphatic rings. The standard InChI is InChI=1S/C17H14Cl2O2/c1-2-12-6-8-13(9-7-12)21-17(20)11-10-14-15(18)4-3-5-16(14)19/h3-11H,2H2,1H3/b11-10+. The van der Waals surface area contributed by atoms with Gasteiger partial charge in [0.25, 0.3) is 0 Å². The Labute approximate surface area is 134 Å². The molecule has 0 amide bonds. The summed E-state index contributed by atoms with van der Waals surface area (Å²) in [6.07, 6.45) is 3.80. The molecule has 108 valence electrons. The van der Waals surface area contributed by atoms with Crippen LogP contribution >= 0.6 is 23.2 Å². The van der Waals surface area contributed by atoms with Gasteiger partial charge in [-0.2, -0.15) is 0 Å². The van der Waals surface area contributed by atoms with E-state index < -0.39 is 5.97 Å². The highest BCUT2D eigenvalue weighted by Crippen LogP contribution is 2.25. The molecule has 0 N–H and O–H groups in total. The minimum Gasteiger partial charge on any atom is -0.423 e. The van der Waals surface area contributed by atoms with E-state index in [1.807, 2.05) is 12.1 Å². The maximum absolute atomic E-state index is 11.8. The lowest BCUT2D eigenvalue weighted by atomic mass is 10.2. The summed E-state index contributed by atoms with van der Waals surface area (Å²) in [5, 5.41) is 0.970. The van der Waals surface area contributed by atoms with E-state index in [0.29, 0.717) is 21.4 Å². The first kappa shape index (κ1) is 15.6. The van der Waals surface area contributed by atoms with E-state index in [9.17, 15) is 4.79 Å². The first-order chi connectivity index (χ1) is 10.1. The molecule has 2 rings (SSSR count). The van der Waals surface area contributed by atoms with Crippen molar-refractivity contribution in [2.24, 2.45) is 0 Å². The molecule has 21 heavy (non-hydrogen) atoms. The van der Waals surface area contributed by atoms with Crippen molar-refractivity contribution in [2.75, 3.05) is 0 Å². The molecular weight excluding hydrogens is 307 g/mol. The molecule has 0 aliphatic carbocycles. The minimum absolute atomic E-state index is 0.477. The first-order valence-corrected chi connectivity index (χ1v) is 7.28. The molecule has 4 heteroatoms. The van der Waals surface area contributed by atoms with Crippen LogP contribution in [0.1, 0.15) is 18.1 Å². The number of carbonyl (C=O) groups excluding carboxylic acids is 1. The number of hydrogen-bond acceptors (Lipinski definition) is 2. The fraction of sp³-hybridized carbons (Fsp3) is 0.118.